The fourth-order valence-corrected chi connectivity index (χ4v) is 3.14. The fourth-order valence-electron chi connectivity index (χ4n) is 2.23. The highest BCUT2D eigenvalue weighted by Gasteiger charge is 2.41. The van der Waals surface area contributed by atoms with Crippen LogP contribution in [-0.2, 0) is 9.53 Å². The van der Waals surface area contributed by atoms with Crippen LogP contribution in [-0.4, -0.2) is 24.7 Å². The Morgan fingerprint density at radius 3 is 3.19 bits per heavy atom. The summed E-state index contributed by atoms with van der Waals surface area (Å²) >= 11 is 1.77. The number of hydrogen-bond donors (Lipinski definition) is 1. The molecule has 1 aliphatic carbocycles. The largest absolute Gasteiger partial charge is 0.368 e. The summed E-state index contributed by atoms with van der Waals surface area (Å²) in [5.74, 6) is 0.631. The Balaban J connectivity index is 1.52. The predicted molar refractivity (Wildman–Crippen MR) is 62.6 cm³/mol. The van der Waals surface area contributed by atoms with Gasteiger partial charge in [0.15, 0.2) is 0 Å². The van der Waals surface area contributed by atoms with Crippen molar-refractivity contribution in [3.8, 4) is 0 Å². The van der Waals surface area contributed by atoms with Gasteiger partial charge in [0.05, 0.1) is 0 Å². The zero-order chi connectivity index (χ0) is 11.0. The highest BCUT2D eigenvalue weighted by molar-refractivity contribution is 7.10. The number of rotatable bonds is 3. The van der Waals surface area contributed by atoms with E-state index in [0.29, 0.717) is 12.0 Å². The molecule has 1 aromatic heterocycles. The molecule has 0 aromatic carbocycles. The van der Waals surface area contributed by atoms with Gasteiger partial charge in [0.2, 0.25) is 5.91 Å². The molecule has 3 rings (SSSR count). The number of ether oxygens (including phenoxy) is 1. The number of carbonyl (C=O) groups is 1. The summed E-state index contributed by atoms with van der Waals surface area (Å²) in [5, 5.41) is 5.17. The molecule has 3 unspecified atom stereocenters. The van der Waals surface area contributed by atoms with Crippen molar-refractivity contribution in [2.24, 2.45) is 0 Å². The number of thiophene rings is 1. The summed E-state index contributed by atoms with van der Waals surface area (Å²) in [7, 11) is 0. The molecule has 1 N–H and O–H groups in total. The Bertz CT molecular complexity index is 370. The Labute approximate surface area is 98.8 Å². The van der Waals surface area contributed by atoms with Crippen LogP contribution in [0.25, 0.3) is 0 Å². The highest BCUT2D eigenvalue weighted by Crippen LogP contribution is 2.42. The molecule has 1 amide bonds. The zero-order valence-electron chi connectivity index (χ0n) is 9.02. The molecular formula is C12H15NO2S. The lowest BCUT2D eigenvalue weighted by Gasteiger charge is -2.09. The second-order valence-electron chi connectivity index (χ2n) is 4.47. The van der Waals surface area contributed by atoms with Crippen LogP contribution >= 0.6 is 11.3 Å². The third-order valence-corrected chi connectivity index (χ3v) is 4.25. The minimum absolute atomic E-state index is 0.0848. The third-order valence-electron chi connectivity index (χ3n) is 3.25. The van der Waals surface area contributed by atoms with Crippen LogP contribution in [0.2, 0.25) is 0 Å². The summed E-state index contributed by atoms with van der Waals surface area (Å²) in [5.41, 5.74) is 0. The van der Waals surface area contributed by atoms with Gasteiger partial charge in [0, 0.05) is 23.4 Å². The van der Waals surface area contributed by atoms with E-state index in [9.17, 15) is 4.79 Å². The van der Waals surface area contributed by atoms with Crippen LogP contribution in [0.4, 0.5) is 0 Å². The van der Waals surface area contributed by atoms with E-state index < -0.39 is 0 Å². The van der Waals surface area contributed by atoms with Gasteiger partial charge in [-0.3, -0.25) is 4.79 Å². The van der Waals surface area contributed by atoms with Crippen molar-refractivity contribution in [2.45, 2.75) is 37.3 Å². The van der Waals surface area contributed by atoms with E-state index in [2.05, 4.69) is 22.8 Å². The van der Waals surface area contributed by atoms with Gasteiger partial charge in [-0.05, 0) is 30.7 Å². The van der Waals surface area contributed by atoms with Gasteiger partial charge in [0.25, 0.3) is 0 Å². The smallest absolute Gasteiger partial charge is 0.249 e. The molecule has 3 nitrogen and oxygen atoms in total. The van der Waals surface area contributed by atoms with E-state index in [1.165, 1.54) is 4.88 Å². The van der Waals surface area contributed by atoms with Gasteiger partial charge in [-0.1, -0.05) is 6.07 Å². The lowest BCUT2D eigenvalue weighted by atomic mass is 10.2. The average molecular weight is 237 g/mol. The second kappa shape index (κ2) is 4.18. The zero-order valence-corrected chi connectivity index (χ0v) is 9.83. The predicted octanol–water partition coefficient (Wildman–Crippen LogP) is 1.90. The number of carbonyl (C=O) groups excluding carboxylic acids is 1. The maximum atomic E-state index is 11.8. The summed E-state index contributed by atoms with van der Waals surface area (Å²) in [6.45, 7) is 0.733. The van der Waals surface area contributed by atoms with Crippen molar-refractivity contribution < 1.29 is 9.53 Å². The summed E-state index contributed by atoms with van der Waals surface area (Å²) in [6, 6.07) is 4.56. The minimum Gasteiger partial charge on any atom is -0.368 e. The van der Waals surface area contributed by atoms with Crippen LogP contribution in [0.1, 0.15) is 30.1 Å². The average Bonchev–Trinajstić information content (AvgIpc) is 2.84. The minimum atomic E-state index is -0.190. The highest BCUT2D eigenvalue weighted by atomic mass is 32.1. The van der Waals surface area contributed by atoms with E-state index in [-0.39, 0.29) is 12.0 Å². The second-order valence-corrected chi connectivity index (χ2v) is 5.45. The van der Waals surface area contributed by atoms with Crippen molar-refractivity contribution in [3.63, 3.8) is 0 Å². The Morgan fingerprint density at radius 1 is 1.56 bits per heavy atom. The van der Waals surface area contributed by atoms with Crippen molar-refractivity contribution in [1.29, 1.82) is 0 Å². The van der Waals surface area contributed by atoms with Gasteiger partial charge in [-0.2, -0.15) is 0 Å². The van der Waals surface area contributed by atoms with Crippen molar-refractivity contribution in [3.05, 3.63) is 22.4 Å². The molecular weight excluding hydrogens is 222 g/mol. The van der Waals surface area contributed by atoms with Crippen LogP contribution in [0, 0.1) is 0 Å². The first kappa shape index (κ1) is 10.3. The molecule has 2 fully saturated rings. The van der Waals surface area contributed by atoms with E-state index in [1.54, 1.807) is 11.3 Å². The van der Waals surface area contributed by atoms with Gasteiger partial charge in [-0.25, -0.2) is 0 Å². The Morgan fingerprint density at radius 2 is 2.50 bits per heavy atom. The molecule has 86 valence electrons. The molecule has 3 atom stereocenters. The van der Waals surface area contributed by atoms with Crippen molar-refractivity contribution >= 4 is 17.2 Å². The molecule has 0 radical (unpaired) electrons. The quantitative estimate of drug-likeness (QED) is 0.872. The van der Waals surface area contributed by atoms with Gasteiger partial charge in [-0.15, -0.1) is 11.3 Å². The molecule has 1 aromatic rings. The first-order valence-electron chi connectivity index (χ1n) is 5.80. The normalized spacial score (nSPS) is 32.6. The van der Waals surface area contributed by atoms with Gasteiger partial charge >= 0.3 is 0 Å². The Hall–Kier alpha value is -0.870. The first-order valence-corrected chi connectivity index (χ1v) is 6.68. The molecule has 4 heteroatoms. The molecule has 0 bridgehead atoms. The van der Waals surface area contributed by atoms with Gasteiger partial charge in [0.1, 0.15) is 6.10 Å². The topological polar surface area (TPSA) is 38.3 Å². The molecule has 16 heavy (non-hydrogen) atoms. The summed E-state index contributed by atoms with van der Waals surface area (Å²) < 4.78 is 5.36. The molecule has 2 aliphatic rings. The number of amides is 1. The van der Waals surface area contributed by atoms with Crippen LogP contribution in [0.5, 0.6) is 0 Å². The number of hydrogen-bond acceptors (Lipinski definition) is 3. The van der Waals surface area contributed by atoms with E-state index in [4.69, 9.17) is 4.74 Å². The monoisotopic (exact) mass is 237 g/mol. The molecule has 2 heterocycles. The van der Waals surface area contributed by atoms with Crippen LogP contribution in [0.15, 0.2) is 17.5 Å². The van der Waals surface area contributed by atoms with Crippen molar-refractivity contribution in [1.82, 2.24) is 5.32 Å². The third kappa shape index (κ3) is 1.99. The molecule has 1 saturated heterocycles. The van der Waals surface area contributed by atoms with Crippen LogP contribution < -0.4 is 5.32 Å². The first-order chi connectivity index (χ1) is 7.84. The SMILES string of the molecule is O=C(NC1CC1c1cccs1)C1CCCO1. The molecule has 0 spiro atoms. The maximum absolute atomic E-state index is 11.8. The Kier molecular flexibility index (Phi) is 2.69. The molecule has 1 saturated carbocycles. The summed E-state index contributed by atoms with van der Waals surface area (Å²) in [4.78, 5) is 13.2. The van der Waals surface area contributed by atoms with Gasteiger partial charge < -0.3 is 10.1 Å². The van der Waals surface area contributed by atoms with Crippen molar-refractivity contribution in [2.75, 3.05) is 6.61 Å². The number of nitrogens with one attached hydrogen (secondary N) is 1. The fraction of sp³-hybridized carbons (Fsp3) is 0.583. The van der Waals surface area contributed by atoms with Crippen LogP contribution in [0.3, 0.4) is 0 Å². The standard InChI is InChI=1S/C12H15NO2S/c14-12(10-3-1-5-15-10)13-9-7-8(9)11-4-2-6-16-11/h2,4,6,8-10H,1,3,5,7H2,(H,13,14). The van der Waals surface area contributed by atoms with E-state index in [0.717, 1.165) is 25.9 Å². The lowest BCUT2D eigenvalue weighted by molar-refractivity contribution is -0.130. The molecule has 1 aliphatic heterocycles. The lowest BCUT2D eigenvalue weighted by Crippen LogP contribution is -2.36. The van der Waals surface area contributed by atoms with E-state index >= 15 is 0 Å². The maximum Gasteiger partial charge on any atom is 0.249 e. The summed E-state index contributed by atoms with van der Waals surface area (Å²) in [6.07, 6.45) is 2.78. The van der Waals surface area contributed by atoms with E-state index in [1.807, 2.05) is 0 Å².